The lowest BCUT2D eigenvalue weighted by molar-refractivity contribution is 0.155. The minimum Gasteiger partial charge on any atom is -0.379 e. The summed E-state index contributed by atoms with van der Waals surface area (Å²) in [5.74, 6) is 0.401. The van der Waals surface area contributed by atoms with Crippen LogP contribution < -0.4 is 4.72 Å². The number of nitrogens with one attached hydrogen (secondary N) is 1. The molecule has 0 spiro atoms. The zero-order chi connectivity index (χ0) is 12.7. The molecule has 0 aliphatic heterocycles. The Morgan fingerprint density at radius 1 is 1.35 bits per heavy atom. The van der Waals surface area contributed by atoms with Crippen molar-refractivity contribution in [1.29, 1.82) is 0 Å². The van der Waals surface area contributed by atoms with E-state index in [1.807, 2.05) is 0 Å². The number of benzene rings is 1. The molecule has 0 amide bonds. The van der Waals surface area contributed by atoms with Gasteiger partial charge in [-0.1, -0.05) is 22.0 Å². The van der Waals surface area contributed by atoms with E-state index >= 15 is 0 Å². The highest BCUT2D eigenvalue weighted by Gasteiger charge is 2.12. The summed E-state index contributed by atoms with van der Waals surface area (Å²) in [6.45, 7) is 0.950. The monoisotopic (exact) mass is 341 g/mol. The highest BCUT2D eigenvalue weighted by Crippen LogP contribution is 2.15. The van der Waals surface area contributed by atoms with Crippen LogP contribution in [-0.4, -0.2) is 34.1 Å². The quantitative estimate of drug-likeness (QED) is 0.609. The SMILES string of the molecule is O=S(=O)(NCCOCCCl)c1cccc(Br)c1. The van der Waals surface area contributed by atoms with Gasteiger partial charge in [-0.2, -0.15) is 0 Å². The molecule has 96 valence electrons. The third kappa shape index (κ3) is 5.35. The Labute approximate surface area is 114 Å². The fourth-order valence-corrected chi connectivity index (χ4v) is 2.84. The first kappa shape index (κ1) is 14.9. The lowest BCUT2D eigenvalue weighted by atomic mass is 10.4. The van der Waals surface area contributed by atoms with Gasteiger partial charge in [-0.3, -0.25) is 0 Å². The van der Waals surface area contributed by atoms with Gasteiger partial charge < -0.3 is 4.74 Å². The summed E-state index contributed by atoms with van der Waals surface area (Å²) in [6.07, 6.45) is 0. The van der Waals surface area contributed by atoms with E-state index in [1.54, 1.807) is 18.2 Å². The molecule has 0 radical (unpaired) electrons. The van der Waals surface area contributed by atoms with Gasteiger partial charge >= 0.3 is 0 Å². The summed E-state index contributed by atoms with van der Waals surface area (Å²) in [7, 11) is -3.46. The second-order valence-electron chi connectivity index (χ2n) is 3.16. The predicted molar refractivity (Wildman–Crippen MR) is 70.9 cm³/mol. The van der Waals surface area contributed by atoms with Crippen LogP contribution >= 0.6 is 27.5 Å². The average Bonchev–Trinajstić information content (AvgIpc) is 2.29. The molecule has 0 saturated heterocycles. The van der Waals surface area contributed by atoms with Crippen LogP contribution in [-0.2, 0) is 14.8 Å². The molecule has 0 unspecified atom stereocenters. The van der Waals surface area contributed by atoms with E-state index in [2.05, 4.69) is 20.7 Å². The fourth-order valence-electron chi connectivity index (χ4n) is 1.12. The van der Waals surface area contributed by atoms with E-state index in [0.717, 1.165) is 4.47 Å². The van der Waals surface area contributed by atoms with Gasteiger partial charge in [0.15, 0.2) is 0 Å². The number of hydrogen-bond acceptors (Lipinski definition) is 3. The minimum absolute atomic E-state index is 0.226. The molecule has 0 aliphatic rings. The Balaban J connectivity index is 2.51. The highest BCUT2D eigenvalue weighted by molar-refractivity contribution is 9.10. The molecule has 0 bridgehead atoms. The van der Waals surface area contributed by atoms with Gasteiger partial charge in [0.05, 0.1) is 18.1 Å². The van der Waals surface area contributed by atoms with E-state index in [0.29, 0.717) is 19.1 Å². The van der Waals surface area contributed by atoms with Crippen molar-refractivity contribution in [3.05, 3.63) is 28.7 Å². The van der Waals surface area contributed by atoms with Crippen molar-refractivity contribution in [3.63, 3.8) is 0 Å². The van der Waals surface area contributed by atoms with Crippen LogP contribution in [0, 0.1) is 0 Å². The smallest absolute Gasteiger partial charge is 0.240 e. The van der Waals surface area contributed by atoms with Crippen molar-refractivity contribution in [3.8, 4) is 0 Å². The lowest BCUT2D eigenvalue weighted by Gasteiger charge is -2.07. The maximum Gasteiger partial charge on any atom is 0.240 e. The van der Waals surface area contributed by atoms with Crippen molar-refractivity contribution in [2.75, 3.05) is 25.6 Å². The Hall–Kier alpha value is -0.140. The molecule has 0 aromatic heterocycles. The molecule has 1 aromatic carbocycles. The van der Waals surface area contributed by atoms with Crippen molar-refractivity contribution in [1.82, 2.24) is 4.72 Å². The van der Waals surface area contributed by atoms with E-state index in [-0.39, 0.29) is 11.4 Å². The Bertz CT molecular complexity index is 453. The molecule has 1 aromatic rings. The van der Waals surface area contributed by atoms with Gasteiger partial charge in [0.25, 0.3) is 0 Å². The van der Waals surface area contributed by atoms with Gasteiger partial charge in [0.1, 0.15) is 0 Å². The standard InChI is InChI=1S/C10H13BrClNO3S/c11-9-2-1-3-10(8-9)17(14,15)13-5-7-16-6-4-12/h1-3,8,13H,4-7H2. The summed E-state index contributed by atoms with van der Waals surface area (Å²) in [5.41, 5.74) is 0. The van der Waals surface area contributed by atoms with E-state index < -0.39 is 10.0 Å². The maximum absolute atomic E-state index is 11.8. The number of sulfonamides is 1. The van der Waals surface area contributed by atoms with Crippen molar-refractivity contribution in [2.24, 2.45) is 0 Å². The van der Waals surface area contributed by atoms with Gasteiger partial charge in [0, 0.05) is 16.9 Å². The first-order chi connectivity index (χ1) is 8.06. The summed E-state index contributed by atoms with van der Waals surface area (Å²) in [5, 5.41) is 0. The Morgan fingerprint density at radius 3 is 2.76 bits per heavy atom. The van der Waals surface area contributed by atoms with Gasteiger partial charge in [-0.05, 0) is 18.2 Å². The molecule has 1 N–H and O–H groups in total. The molecule has 1 rings (SSSR count). The van der Waals surface area contributed by atoms with Gasteiger partial charge in [0.2, 0.25) is 10.0 Å². The van der Waals surface area contributed by atoms with Gasteiger partial charge in [-0.25, -0.2) is 13.1 Å². The van der Waals surface area contributed by atoms with Crippen LogP contribution in [0.1, 0.15) is 0 Å². The van der Waals surface area contributed by atoms with Crippen LogP contribution in [0.3, 0.4) is 0 Å². The lowest BCUT2D eigenvalue weighted by Crippen LogP contribution is -2.27. The number of alkyl halides is 1. The first-order valence-electron chi connectivity index (χ1n) is 4.95. The second-order valence-corrected chi connectivity index (χ2v) is 6.22. The maximum atomic E-state index is 11.8. The van der Waals surface area contributed by atoms with E-state index in [9.17, 15) is 8.42 Å². The van der Waals surface area contributed by atoms with Crippen molar-refractivity contribution >= 4 is 37.6 Å². The third-order valence-electron chi connectivity index (χ3n) is 1.87. The summed E-state index contributed by atoms with van der Waals surface area (Å²) < 4.78 is 31.8. The highest BCUT2D eigenvalue weighted by atomic mass is 79.9. The zero-order valence-corrected chi connectivity index (χ0v) is 12.2. The van der Waals surface area contributed by atoms with Crippen LogP contribution in [0.5, 0.6) is 0 Å². The number of ether oxygens (including phenoxy) is 1. The first-order valence-corrected chi connectivity index (χ1v) is 7.76. The summed E-state index contributed by atoms with van der Waals surface area (Å²) in [4.78, 5) is 0.226. The normalized spacial score (nSPS) is 11.6. The van der Waals surface area contributed by atoms with Crippen LogP contribution in [0.2, 0.25) is 0 Å². The Morgan fingerprint density at radius 2 is 2.12 bits per heavy atom. The van der Waals surface area contributed by atoms with E-state index in [1.165, 1.54) is 6.07 Å². The van der Waals surface area contributed by atoms with Gasteiger partial charge in [-0.15, -0.1) is 11.6 Å². The van der Waals surface area contributed by atoms with Crippen LogP contribution in [0.25, 0.3) is 0 Å². The molecular formula is C10H13BrClNO3S. The molecular weight excluding hydrogens is 330 g/mol. The second kappa shape index (κ2) is 7.33. The summed E-state index contributed by atoms with van der Waals surface area (Å²) in [6, 6.07) is 6.51. The molecule has 17 heavy (non-hydrogen) atoms. The van der Waals surface area contributed by atoms with Crippen LogP contribution in [0.15, 0.2) is 33.6 Å². The number of hydrogen-bond donors (Lipinski definition) is 1. The molecule has 0 heterocycles. The van der Waals surface area contributed by atoms with E-state index in [4.69, 9.17) is 16.3 Å². The molecule has 7 heteroatoms. The largest absolute Gasteiger partial charge is 0.379 e. The van der Waals surface area contributed by atoms with Crippen molar-refractivity contribution in [2.45, 2.75) is 4.90 Å². The average molecular weight is 343 g/mol. The van der Waals surface area contributed by atoms with Crippen LogP contribution in [0.4, 0.5) is 0 Å². The van der Waals surface area contributed by atoms with Crippen molar-refractivity contribution < 1.29 is 13.2 Å². The third-order valence-corrected chi connectivity index (χ3v) is 3.97. The minimum atomic E-state index is -3.46. The molecule has 0 aliphatic carbocycles. The Kier molecular flexibility index (Phi) is 6.43. The fraction of sp³-hybridized carbons (Fsp3) is 0.400. The number of halogens is 2. The summed E-state index contributed by atoms with van der Waals surface area (Å²) >= 11 is 8.64. The molecule has 0 fully saturated rings. The molecule has 0 atom stereocenters. The molecule has 4 nitrogen and oxygen atoms in total. The predicted octanol–water partition coefficient (Wildman–Crippen LogP) is 1.98. The molecule has 0 saturated carbocycles. The topological polar surface area (TPSA) is 55.4 Å². The number of rotatable bonds is 7. The zero-order valence-electron chi connectivity index (χ0n) is 9.03.